The summed E-state index contributed by atoms with van der Waals surface area (Å²) in [7, 11) is 0. The zero-order chi connectivity index (χ0) is 18.9. The molecule has 2 amide bonds. The first-order valence-corrected chi connectivity index (χ1v) is 9.06. The molecular weight excluding hydrogens is 362 g/mol. The molecule has 0 saturated carbocycles. The Bertz CT molecular complexity index is 720. The van der Waals surface area contributed by atoms with Crippen LogP contribution in [0.3, 0.4) is 0 Å². The molecule has 0 bridgehead atoms. The lowest BCUT2D eigenvalue weighted by atomic mass is 10.1. The summed E-state index contributed by atoms with van der Waals surface area (Å²) in [5.41, 5.74) is 8.30. The average Bonchev–Trinajstić information content (AvgIpc) is 2.65. The van der Waals surface area contributed by atoms with E-state index < -0.39 is 6.04 Å². The van der Waals surface area contributed by atoms with Crippen LogP contribution >= 0.6 is 12.4 Å². The molecule has 2 rings (SSSR count). The van der Waals surface area contributed by atoms with Gasteiger partial charge in [-0.05, 0) is 43.2 Å². The Hall–Kier alpha value is -2.37. The van der Waals surface area contributed by atoms with Crippen LogP contribution in [0, 0.1) is 0 Å². The SMILES string of the molecule is CCCC(N)C(=O)Nc1ccc(CC(=O)N(CC)c2ccccc2)cc1.Cl. The van der Waals surface area contributed by atoms with E-state index >= 15 is 0 Å². The van der Waals surface area contributed by atoms with Gasteiger partial charge in [0.25, 0.3) is 0 Å². The zero-order valence-corrected chi connectivity index (χ0v) is 16.7. The number of halogens is 1. The highest BCUT2D eigenvalue weighted by molar-refractivity contribution is 5.95. The highest BCUT2D eigenvalue weighted by atomic mass is 35.5. The smallest absolute Gasteiger partial charge is 0.241 e. The van der Waals surface area contributed by atoms with E-state index in [1.807, 2.05) is 56.3 Å². The lowest BCUT2D eigenvalue weighted by molar-refractivity contribution is -0.118. The largest absolute Gasteiger partial charge is 0.325 e. The van der Waals surface area contributed by atoms with Gasteiger partial charge in [0.1, 0.15) is 0 Å². The Morgan fingerprint density at radius 3 is 2.22 bits per heavy atom. The molecule has 0 spiro atoms. The standard InChI is InChI=1S/C21H27N3O2.ClH/c1-3-8-19(22)21(26)23-17-13-11-16(12-14-17)15-20(25)24(4-2)18-9-6-5-7-10-18;/h5-7,9-14,19H,3-4,8,15,22H2,1-2H3,(H,23,26);1H. The summed E-state index contributed by atoms with van der Waals surface area (Å²) in [6.07, 6.45) is 1.84. The molecule has 146 valence electrons. The summed E-state index contributed by atoms with van der Waals surface area (Å²) < 4.78 is 0. The van der Waals surface area contributed by atoms with Crippen molar-refractivity contribution in [3.63, 3.8) is 0 Å². The molecule has 0 aliphatic carbocycles. The fourth-order valence-corrected chi connectivity index (χ4v) is 2.76. The maximum absolute atomic E-state index is 12.6. The number of likely N-dealkylation sites (N-methyl/N-ethyl adjacent to an activating group) is 1. The number of hydrogen-bond acceptors (Lipinski definition) is 3. The number of carbonyl (C=O) groups is 2. The summed E-state index contributed by atoms with van der Waals surface area (Å²) in [5.74, 6) is -0.141. The highest BCUT2D eigenvalue weighted by Crippen LogP contribution is 2.16. The van der Waals surface area contributed by atoms with Crippen molar-refractivity contribution in [2.75, 3.05) is 16.8 Å². The first kappa shape index (κ1) is 22.7. The first-order chi connectivity index (χ1) is 12.5. The number of amides is 2. The summed E-state index contributed by atoms with van der Waals surface area (Å²) >= 11 is 0. The molecular formula is C21H28ClN3O2. The zero-order valence-electron chi connectivity index (χ0n) is 15.9. The summed E-state index contributed by atoms with van der Waals surface area (Å²) in [6, 6.07) is 16.5. The Balaban J connectivity index is 0.00000364. The molecule has 1 unspecified atom stereocenters. The van der Waals surface area contributed by atoms with Crippen molar-refractivity contribution in [2.45, 2.75) is 39.2 Å². The second-order valence-electron chi connectivity index (χ2n) is 6.23. The highest BCUT2D eigenvalue weighted by Gasteiger charge is 2.15. The molecule has 0 fully saturated rings. The van der Waals surface area contributed by atoms with Crippen molar-refractivity contribution in [1.29, 1.82) is 0 Å². The number of benzene rings is 2. The van der Waals surface area contributed by atoms with Crippen molar-refractivity contribution < 1.29 is 9.59 Å². The fourth-order valence-electron chi connectivity index (χ4n) is 2.76. The number of nitrogens with one attached hydrogen (secondary N) is 1. The molecule has 0 aromatic heterocycles. The second-order valence-corrected chi connectivity index (χ2v) is 6.23. The average molecular weight is 390 g/mol. The minimum atomic E-state index is -0.495. The number of nitrogens with zero attached hydrogens (tertiary/aromatic N) is 1. The topological polar surface area (TPSA) is 75.4 Å². The van der Waals surface area contributed by atoms with Crippen LogP contribution in [0.2, 0.25) is 0 Å². The quantitative estimate of drug-likeness (QED) is 0.721. The maximum Gasteiger partial charge on any atom is 0.241 e. The number of nitrogens with two attached hydrogens (primary N) is 1. The van der Waals surface area contributed by atoms with Gasteiger partial charge in [-0.15, -0.1) is 12.4 Å². The number of rotatable bonds is 8. The molecule has 0 aliphatic rings. The van der Waals surface area contributed by atoms with Gasteiger partial charge in [-0.2, -0.15) is 0 Å². The normalized spacial score (nSPS) is 11.2. The third-order valence-corrected chi connectivity index (χ3v) is 4.20. The predicted molar refractivity (Wildman–Crippen MR) is 113 cm³/mol. The van der Waals surface area contributed by atoms with Crippen molar-refractivity contribution in [2.24, 2.45) is 5.73 Å². The van der Waals surface area contributed by atoms with Gasteiger partial charge in [0, 0.05) is 17.9 Å². The van der Waals surface area contributed by atoms with Crippen molar-refractivity contribution in [3.8, 4) is 0 Å². The monoisotopic (exact) mass is 389 g/mol. The third kappa shape index (κ3) is 6.70. The minimum absolute atomic E-state index is 0. The molecule has 3 N–H and O–H groups in total. The molecule has 2 aromatic rings. The lowest BCUT2D eigenvalue weighted by Crippen LogP contribution is -2.35. The molecule has 5 nitrogen and oxygen atoms in total. The Morgan fingerprint density at radius 1 is 1.04 bits per heavy atom. The van der Waals surface area contributed by atoms with Gasteiger partial charge in [-0.25, -0.2) is 0 Å². The Kier molecular flexibility index (Phi) is 9.54. The molecule has 27 heavy (non-hydrogen) atoms. The second kappa shape index (κ2) is 11.4. The molecule has 1 atom stereocenters. The van der Waals surface area contributed by atoms with E-state index in [4.69, 9.17) is 5.73 Å². The van der Waals surface area contributed by atoms with Gasteiger partial charge in [0.15, 0.2) is 0 Å². The summed E-state index contributed by atoms with van der Waals surface area (Å²) in [4.78, 5) is 26.3. The van der Waals surface area contributed by atoms with E-state index in [9.17, 15) is 9.59 Å². The van der Waals surface area contributed by atoms with Crippen LogP contribution < -0.4 is 16.0 Å². The van der Waals surface area contributed by atoms with Crippen LogP contribution in [-0.2, 0) is 16.0 Å². The summed E-state index contributed by atoms with van der Waals surface area (Å²) in [6.45, 7) is 4.57. The molecule has 6 heteroatoms. The van der Waals surface area contributed by atoms with E-state index in [1.54, 1.807) is 17.0 Å². The fraction of sp³-hybridized carbons (Fsp3) is 0.333. The maximum atomic E-state index is 12.6. The van der Waals surface area contributed by atoms with Crippen LogP contribution in [0.25, 0.3) is 0 Å². The van der Waals surface area contributed by atoms with Crippen LogP contribution in [0.4, 0.5) is 11.4 Å². The van der Waals surface area contributed by atoms with E-state index in [2.05, 4.69) is 5.32 Å². The van der Waals surface area contributed by atoms with E-state index in [0.29, 0.717) is 25.1 Å². The van der Waals surface area contributed by atoms with E-state index in [1.165, 1.54) is 0 Å². The van der Waals surface area contributed by atoms with Crippen LogP contribution in [0.5, 0.6) is 0 Å². The Morgan fingerprint density at radius 2 is 1.67 bits per heavy atom. The third-order valence-electron chi connectivity index (χ3n) is 4.20. The van der Waals surface area contributed by atoms with Crippen LogP contribution in [0.1, 0.15) is 32.3 Å². The molecule has 0 heterocycles. The van der Waals surface area contributed by atoms with Crippen molar-refractivity contribution >= 4 is 35.6 Å². The van der Waals surface area contributed by atoms with Crippen molar-refractivity contribution in [1.82, 2.24) is 0 Å². The van der Waals surface area contributed by atoms with E-state index in [-0.39, 0.29) is 24.2 Å². The Labute approximate surface area is 167 Å². The van der Waals surface area contributed by atoms with Crippen molar-refractivity contribution in [3.05, 3.63) is 60.2 Å². The van der Waals surface area contributed by atoms with Gasteiger partial charge in [0.2, 0.25) is 11.8 Å². The molecule has 0 saturated heterocycles. The van der Waals surface area contributed by atoms with Gasteiger partial charge in [-0.1, -0.05) is 43.7 Å². The van der Waals surface area contributed by atoms with E-state index in [0.717, 1.165) is 17.7 Å². The lowest BCUT2D eigenvalue weighted by Gasteiger charge is -2.21. The number of para-hydroxylation sites is 1. The number of carbonyl (C=O) groups excluding carboxylic acids is 2. The predicted octanol–water partition coefficient (Wildman–Crippen LogP) is 3.77. The molecule has 0 aliphatic heterocycles. The van der Waals surface area contributed by atoms with Crippen LogP contribution in [-0.4, -0.2) is 24.4 Å². The van der Waals surface area contributed by atoms with Gasteiger partial charge in [-0.3, -0.25) is 9.59 Å². The first-order valence-electron chi connectivity index (χ1n) is 9.06. The minimum Gasteiger partial charge on any atom is -0.325 e. The van der Waals surface area contributed by atoms with Gasteiger partial charge >= 0.3 is 0 Å². The van der Waals surface area contributed by atoms with Crippen LogP contribution in [0.15, 0.2) is 54.6 Å². The molecule has 2 aromatic carbocycles. The number of hydrogen-bond donors (Lipinski definition) is 2. The summed E-state index contributed by atoms with van der Waals surface area (Å²) in [5, 5.41) is 2.81. The van der Waals surface area contributed by atoms with Gasteiger partial charge < -0.3 is 16.0 Å². The number of anilines is 2. The van der Waals surface area contributed by atoms with Gasteiger partial charge in [0.05, 0.1) is 12.5 Å². The molecule has 0 radical (unpaired) electrons.